The van der Waals surface area contributed by atoms with Gasteiger partial charge in [0.1, 0.15) is 11.4 Å². The van der Waals surface area contributed by atoms with Crippen molar-refractivity contribution in [3.63, 3.8) is 0 Å². The van der Waals surface area contributed by atoms with Crippen molar-refractivity contribution in [3.8, 4) is 23.0 Å². The third-order valence-corrected chi connectivity index (χ3v) is 7.24. The van der Waals surface area contributed by atoms with Gasteiger partial charge >= 0.3 is 0 Å². The lowest BCUT2D eigenvalue weighted by Crippen LogP contribution is -2.27. The van der Waals surface area contributed by atoms with E-state index in [1.807, 2.05) is 6.07 Å². The van der Waals surface area contributed by atoms with Crippen LogP contribution in [-0.4, -0.2) is 179 Å². The van der Waals surface area contributed by atoms with Crippen molar-refractivity contribution in [2.75, 3.05) is 137 Å². The molecule has 0 aliphatic carbocycles. The minimum Gasteiger partial charge on any atom is -0.394 e. The summed E-state index contributed by atoms with van der Waals surface area (Å²) in [5, 5.41) is 30.4. The highest BCUT2D eigenvalue weighted by Crippen LogP contribution is 2.15. The minimum atomic E-state index is -0.227. The number of aliphatic hydroxyl groups excluding tert-OH is 1. The van der Waals surface area contributed by atoms with Gasteiger partial charge in [0.05, 0.1) is 137 Å². The number of nitrogens with one attached hydrogen (secondary N) is 2. The molecule has 3 rings (SSSR count). The number of carbonyl (C=O) groups is 2. The molecule has 2 amide bonds. The van der Waals surface area contributed by atoms with E-state index in [1.54, 1.807) is 30.5 Å². The molecule has 0 aromatic carbocycles. The molecule has 0 spiro atoms. The van der Waals surface area contributed by atoms with Gasteiger partial charge in [0.25, 0.3) is 0 Å². The van der Waals surface area contributed by atoms with Crippen molar-refractivity contribution in [1.29, 1.82) is 0 Å². The maximum Gasteiger partial charge on any atom is 0.224 e. The van der Waals surface area contributed by atoms with Crippen LogP contribution in [0.5, 0.6) is 0 Å². The van der Waals surface area contributed by atoms with Gasteiger partial charge < -0.3 is 58.4 Å². The number of carbonyl (C=O) groups excluding carboxylic acids is 2. The Labute approximate surface area is 332 Å². The van der Waals surface area contributed by atoms with Gasteiger partial charge in [-0.3, -0.25) is 19.6 Å². The van der Waals surface area contributed by atoms with Crippen LogP contribution in [0.3, 0.4) is 0 Å². The average molecular weight is 805 g/mol. The molecule has 3 aromatic heterocycles. The van der Waals surface area contributed by atoms with Crippen molar-refractivity contribution in [2.45, 2.75) is 19.3 Å². The fourth-order valence-electron chi connectivity index (χ4n) is 4.44. The van der Waals surface area contributed by atoms with E-state index in [9.17, 15) is 9.59 Å². The summed E-state index contributed by atoms with van der Waals surface area (Å²) >= 11 is 0. The fraction of sp³-hybridized carbons (Fsp3) is 0.622. The molecule has 3 N–H and O–H groups in total. The van der Waals surface area contributed by atoms with Crippen LogP contribution < -0.4 is 10.6 Å². The first-order valence-electron chi connectivity index (χ1n) is 19.0. The van der Waals surface area contributed by atoms with E-state index in [2.05, 4.69) is 41.0 Å². The van der Waals surface area contributed by atoms with Crippen molar-refractivity contribution in [2.24, 2.45) is 0 Å². The summed E-state index contributed by atoms with van der Waals surface area (Å²) < 4.78 is 48.6. The molecule has 20 nitrogen and oxygen atoms in total. The Balaban J connectivity index is 1.01. The molecule has 0 aliphatic heterocycles. The van der Waals surface area contributed by atoms with Crippen LogP contribution in [0.2, 0.25) is 0 Å². The predicted octanol–water partition coefficient (Wildman–Crippen LogP) is 0.757. The quantitative estimate of drug-likeness (QED) is 0.0688. The number of ether oxygens (including phenoxy) is 9. The number of nitrogens with zero attached hydrogens (tertiary/aromatic N) is 6. The standard InChI is InChI=1S/C37H56N8O12/c46-11-13-50-15-17-52-19-21-54-23-25-56-27-29-57-28-26-55-24-22-53-20-18-51-16-14-49-12-10-39-34(47)5-3-6-35(48)41-31-7-8-33(40-30-31)37-44-42-36(43-45-37)32-4-1-2-9-38-32/h1-2,4,7-9,30,46H,3,5-6,10-29H2,(H,39,47)(H,41,48). The molecule has 20 heteroatoms. The average Bonchev–Trinajstić information content (AvgIpc) is 3.24. The number of pyridine rings is 2. The van der Waals surface area contributed by atoms with Gasteiger partial charge in [0.2, 0.25) is 23.5 Å². The Bertz CT molecular complexity index is 1430. The van der Waals surface area contributed by atoms with E-state index in [0.717, 1.165) is 0 Å². The molecule has 3 aromatic rings. The zero-order chi connectivity index (χ0) is 40.3. The molecule has 0 saturated heterocycles. The SMILES string of the molecule is O=C(CCCC(=O)Nc1ccc(-c2nnc(-c3ccccn3)nn2)nc1)NCCOCCOCCOCCOCCOCCOCCOCCOCCOCCO. The summed E-state index contributed by atoms with van der Waals surface area (Å²) in [4.78, 5) is 32.9. The maximum absolute atomic E-state index is 12.3. The van der Waals surface area contributed by atoms with Gasteiger partial charge in [-0.1, -0.05) is 6.07 Å². The molecule has 57 heavy (non-hydrogen) atoms. The smallest absolute Gasteiger partial charge is 0.224 e. The first-order valence-corrected chi connectivity index (χ1v) is 19.0. The van der Waals surface area contributed by atoms with E-state index in [-0.39, 0.29) is 37.1 Å². The molecule has 0 unspecified atom stereocenters. The monoisotopic (exact) mass is 804 g/mol. The van der Waals surface area contributed by atoms with Crippen molar-refractivity contribution >= 4 is 17.5 Å². The summed E-state index contributed by atoms with van der Waals surface area (Å²) in [6, 6.07) is 8.71. The van der Waals surface area contributed by atoms with Crippen LogP contribution in [0.1, 0.15) is 19.3 Å². The van der Waals surface area contributed by atoms with Crippen molar-refractivity contribution in [1.82, 2.24) is 35.7 Å². The summed E-state index contributed by atoms with van der Waals surface area (Å²) in [6.45, 7) is 8.44. The first-order chi connectivity index (χ1) is 28.2. The summed E-state index contributed by atoms with van der Waals surface area (Å²) in [7, 11) is 0. The van der Waals surface area contributed by atoms with Gasteiger partial charge in [-0.25, -0.2) is 0 Å². The number of anilines is 1. The zero-order valence-corrected chi connectivity index (χ0v) is 32.4. The Morgan fingerprint density at radius 3 is 1.37 bits per heavy atom. The maximum atomic E-state index is 12.3. The molecule has 0 radical (unpaired) electrons. The van der Waals surface area contributed by atoms with Gasteiger partial charge in [-0.05, 0) is 30.7 Å². The lowest BCUT2D eigenvalue weighted by atomic mass is 10.2. The normalized spacial score (nSPS) is 11.2. The van der Waals surface area contributed by atoms with Crippen LogP contribution >= 0.6 is 0 Å². The third kappa shape index (κ3) is 24.2. The van der Waals surface area contributed by atoms with Crippen molar-refractivity contribution < 1.29 is 57.3 Å². The Morgan fingerprint density at radius 2 is 0.947 bits per heavy atom. The van der Waals surface area contributed by atoms with Gasteiger partial charge in [-0.15, -0.1) is 20.4 Å². The third-order valence-electron chi connectivity index (χ3n) is 7.24. The Kier molecular flexibility index (Phi) is 27.2. The van der Waals surface area contributed by atoms with Crippen LogP contribution in [0.25, 0.3) is 23.0 Å². The molecular formula is C37H56N8O12. The molecule has 316 valence electrons. The lowest BCUT2D eigenvalue weighted by molar-refractivity contribution is -0.121. The van der Waals surface area contributed by atoms with E-state index >= 15 is 0 Å². The molecule has 0 bridgehead atoms. The number of aliphatic hydroxyl groups is 1. The number of hydrogen-bond donors (Lipinski definition) is 3. The highest BCUT2D eigenvalue weighted by Gasteiger charge is 2.10. The van der Waals surface area contributed by atoms with Crippen LogP contribution in [0.15, 0.2) is 42.7 Å². The van der Waals surface area contributed by atoms with Crippen LogP contribution in [0, 0.1) is 0 Å². The molecular weight excluding hydrogens is 748 g/mol. The zero-order valence-electron chi connectivity index (χ0n) is 32.4. The fourth-order valence-corrected chi connectivity index (χ4v) is 4.44. The largest absolute Gasteiger partial charge is 0.394 e. The second kappa shape index (κ2) is 32.8. The van der Waals surface area contributed by atoms with Crippen molar-refractivity contribution in [3.05, 3.63) is 42.7 Å². The topological polar surface area (TPSA) is 239 Å². The summed E-state index contributed by atoms with van der Waals surface area (Å²) in [5.74, 6) is 0.168. The van der Waals surface area contributed by atoms with Crippen LogP contribution in [0.4, 0.5) is 5.69 Å². The molecule has 3 heterocycles. The highest BCUT2D eigenvalue weighted by atomic mass is 16.6. The van der Waals surface area contributed by atoms with Gasteiger partial charge in [-0.2, -0.15) is 0 Å². The highest BCUT2D eigenvalue weighted by molar-refractivity contribution is 5.91. The summed E-state index contributed by atoms with van der Waals surface area (Å²) in [5.41, 5.74) is 1.52. The molecule has 0 atom stereocenters. The number of rotatable bonds is 36. The van der Waals surface area contributed by atoms with Gasteiger partial charge in [0.15, 0.2) is 0 Å². The minimum absolute atomic E-state index is 0.0136. The number of aromatic nitrogens is 6. The van der Waals surface area contributed by atoms with Crippen LogP contribution in [-0.2, 0) is 52.2 Å². The summed E-state index contributed by atoms with van der Waals surface area (Å²) in [6.07, 6.45) is 3.92. The van der Waals surface area contributed by atoms with E-state index < -0.39 is 0 Å². The predicted molar refractivity (Wildman–Crippen MR) is 204 cm³/mol. The Hall–Kier alpha value is -4.22. The van der Waals surface area contributed by atoms with E-state index in [4.69, 9.17) is 47.7 Å². The van der Waals surface area contributed by atoms with E-state index in [1.165, 1.54) is 6.20 Å². The second-order valence-electron chi connectivity index (χ2n) is 11.7. The second-order valence-corrected chi connectivity index (χ2v) is 11.7. The van der Waals surface area contributed by atoms with E-state index in [0.29, 0.717) is 155 Å². The lowest BCUT2D eigenvalue weighted by Gasteiger charge is -2.09. The molecule has 0 fully saturated rings. The number of amides is 2. The first kappa shape index (κ1) is 47.2. The molecule has 0 saturated carbocycles. The van der Waals surface area contributed by atoms with Gasteiger partial charge in [0, 0.05) is 25.6 Å². The Morgan fingerprint density at radius 1 is 0.509 bits per heavy atom. The molecule has 0 aliphatic rings. The number of hydrogen-bond acceptors (Lipinski definition) is 18.